The van der Waals surface area contributed by atoms with E-state index in [1.807, 2.05) is 42.5 Å². The normalized spacial score (nSPS) is 12.4. The van der Waals surface area contributed by atoms with Crippen molar-refractivity contribution >= 4 is 23.6 Å². The summed E-state index contributed by atoms with van der Waals surface area (Å²) >= 11 is 0. The number of ether oxygens (including phenoxy) is 2. The van der Waals surface area contributed by atoms with Crippen molar-refractivity contribution in [2.45, 2.75) is 0 Å². The molecular formula is C18H15NO4. The lowest BCUT2D eigenvalue weighted by Crippen LogP contribution is -2.23. The quantitative estimate of drug-likeness (QED) is 0.882. The first-order chi connectivity index (χ1) is 11.2. The lowest BCUT2D eigenvalue weighted by molar-refractivity contribution is -0.143. The third-order valence-corrected chi connectivity index (χ3v) is 3.29. The molecule has 0 radical (unpaired) electrons. The van der Waals surface area contributed by atoms with Crippen LogP contribution in [-0.4, -0.2) is 25.1 Å². The first-order valence-electron chi connectivity index (χ1n) is 7.17. The van der Waals surface area contributed by atoms with E-state index in [0.717, 1.165) is 11.3 Å². The van der Waals surface area contributed by atoms with Gasteiger partial charge in [-0.15, -0.1) is 0 Å². The number of fused-ring (bicyclic) bond motifs is 1. The molecule has 5 heteroatoms. The molecule has 23 heavy (non-hydrogen) atoms. The predicted molar refractivity (Wildman–Crippen MR) is 85.9 cm³/mol. The van der Waals surface area contributed by atoms with Gasteiger partial charge in [0.2, 0.25) is 0 Å². The van der Waals surface area contributed by atoms with Crippen molar-refractivity contribution < 1.29 is 19.1 Å². The minimum Gasteiger partial charge on any atom is -0.488 e. The molecule has 116 valence electrons. The van der Waals surface area contributed by atoms with Gasteiger partial charge in [0.1, 0.15) is 12.4 Å². The van der Waals surface area contributed by atoms with E-state index in [4.69, 9.17) is 9.47 Å². The zero-order valence-electron chi connectivity index (χ0n) is 12.3. The molecule has 0 atom stereocenters. The predicted octanol–water partition coefficient (Wildman–Crippen LogP) is 2.64. The van der Waals surface area contributed by atoms with Crippen molar-refractivity contribution in [1.82, 2.24) is 0 Å². The molecule has 0 saturated heterocycles. The highest BCUT2D eigenvalue weighted by molar-refractivity contribution is 5.98. The summed E-state index contributed by atoms with van der Waals surface area (Å²) in [4.78, 5) is 23.8. The molecule has 0 spiro atoms. The molecule has 0 saturated carbocycles. The van der Waals surface area contributed by atoms with Gasteiger partial charge in [0.05, 0.1) is 5.57 Å². The van der Waals surface area contributed by atoms with E-state index < -0.39 is 5.97 Å². The smallest absolute Gasteiger partial charge is 0.338 e. The molecule has 0 aromatic heterocycles. The molecule has 5 nitrogen and oxygen atoms in total. The number of para-hydroxylation sites is 2. The number of benzene rings is 2. The molecule has 2 aromatic carbocycles. The molecule has 0 fully saturated rings. The average molecular weight is 309 g/mol. The van der Waals surface area contributed by atoms with Crippen LogP contribution in [0.25, 0.3) is 6.08 Å². The summed E-state index contributed by atoms with van der Waals surface area (Å²) < 4.78 is 10.5. The van der Waals surface area contributed by atoms with Gasteiger partial charge in [-0.05, 0) is 24.3 Å². The van der Waals surface area contributed by atoms with E-state index in [2.05, 4.69) is 5.32 Å². The first kappa shape index (κ1) is 14.8. The van der Waals surface area contributed by atoms with E-state index >= 15 is 0 Å². The summed E-state index contributed by atoms with van der Waals surface area (Å²) in [6.07, 6.45) is 1.72. The average Bonchev–Trinajstić information content (AvgIpc) is 2.60. The molecular weight excluding hydrogens is 294 g/mol. The van der Waals surface area contributed by atoms with E-state index in [1.165, 1.54) is 0 Å². The lowest BCUT2D eigenvalue weighted by atomic mass is 10.1. The van der Waals surface area contributed by atoms with Crippen LogP contribution in [0.5, 0.6) is 5.75 Å². The van der Waals surface area contributed by atoms with Gasteiger partial charge >= 0.3 is 5.97 Å². The van der Waals surface area contributed by atoms with Gasteiger partial charge in [-0.2, -0.15) is 0 Å². The van der Waals surface area contributed by atoms with Crippen molar-refractivity contribution in [2.75, 3.05) is 18.5 Å². The van der Waals surface area contributed by atoms with E-state index in [1.54, 1.807) is 18.2 Å². The van der Waals surface area contributed by atoms with Crippen LogP contribution >= 0.6 is 0 Å². The Hall–Kier alpha value is -3.08. The van der Waals surface area contributed by atoms with Gasteiger partial charge in [-0.1, -0.05) is 36.4 Å². The monoisotopic (exact) mass is 309 g/mol. The summed E-state index contributed by atoms with van der Waals surface area (Å²) in [7, 11) is 0. The summed E-state index contributed by atoms with van der Waals surface area (Å²) in [6.45, 7) is -0.205. The Kier molecular flexibility index (Phi) is 4.38. The number of hydrogen-bond acceptors (Lipinski definition) is 4. The summed E-state index contributed by atoms with van der Waals surface area (Å²) in [5, 5.41) is 2.65. The molecule has 1 aliphatic rings. The highest BCUT2D eigenvalue weighted by atomic mass is 16.5. The fourth-order valence-corrected chi connectivity index (χ4v) is 2.18. The Labute approximate surface area is 133 Å². The van der Waals surface area contributed by atoms with Crippen LogP contribution in [-0.2, 0) is 14.3 Å². The first-order valence-corrected chi connectivity index (χ1v) is 7.17. The van der Waals surface area contributed by atoms with Gasteiger partial charge in [-0.3, -0.25) is 4.79 Å². The fraction of sp³-hybridized carbons (Fsp3) is 0.111. The number of carbonyl (C=O) groups is 2. The van der Waals surface area contributed by atoms with E-state index in [-0.39, 0.29) is 19.1 Å². The van der Waals surface area contributed by atoms with Crippen molar-refractivity contribution in [1.29, 1.82) is 0 Å². The SMILES string of the molecule is O=C(COC(=O)C1=Cc2ccccc2OC1)Nc1ccccc1. The summed E-state index contributed by atoms with van der Waals surface area (Å²) in [5.74, 6) is -0.212. The molecule has 1 amide bonds. The van der Waals surface area contributed by atoms with E-state index in [9.17, 15) is 9.59 Å². The maximum absolute atomic E-state index is 12.0. The number of hydrogen-bond donors (Lipinski definition) is 1. The van der Waals surface area contributed by atoms with Crippen LogP contribution < -0.4 is 10.1 Å². The maximum Gasteiger partial charge on any atom is 0.338 e. The van der Waals surface area contributed by atoms with Crippen LogP contribution in [0.4, 0.5) is 5.69 Å². The number of amides is 1. The zero-order chi connectivity index (χ0) is 16.1. The van der Waals surface area contributed by atoms with Gasteiger partial charge < -0.3 is 14.8 Å². The second-order valence-electron chi connectivity index (χ2n) is 4.99. The van der Waals surface area contributed by atoms with Crippen molar-refractivity contribution in [3.8, 4) is 5.75 Å². The minimum atomic E-state index is -0.553. The molecule has 2 aromatic rings. The van der Waals surface area contributed by atoms with Crippen LogP contribution in [0, 0.1) is 0 Å². The Morgan fingerprint density at radius 2 is 1.78 bits per heavy atom. The highest BCUT2D eigenvalue weighted by Gasteiger charge is 2.19. The highest BCUT2D eigenvalue weighted by Crippen LogP contribution is 2.26. The maximum atomic E-state index is 12.0. The number of rotatable bonds is 4. The van der Waals surface area contributed by atoms with Crippen molar-refractivity contribution in [3.05, 3.63) is 65.7 Å². The molecule has 1 aliphatic heterocycles. The van der Waals surface area contributed by atoms with Crippen LogP contribution in [0.1, 0.15) is 5.56 Å². The van der Waals surface area contributed by atoms with Crippen LogP contribution in [0.3, 0.4) is 0 Å². The van der Waals surface area contributed by atoms with Gasteiger partial charge in [-0.25, -0.2) is 4.79 Å². The van der Waals surface area contributed by atoms with Crippen molar-refractivity contribution in [2.24, 2.45) is 0 Å². The third kappa shape index (κ3) is 3.77. The molecule has 1 N–H and O–H groups in total. The van der Waals surface area contributed by atoms with Gasteiger partial charge in [0.25, 0.3) is 5.91 Å². The zero-order valence-corrected chi connectivity index (χ0v) is 12.3. The standard InChI is InChI=1S/C18H15NO4/c20-17(19-15-7-2-1-3-8-15)12-23-18(21)14-10-13-6-4-5-9-16(13)22-11-14/h1-10H,11-12H2,(H,19,20). The van der Waals surface area contributed by atoms with Crippen molar-refractivity contribution in [3.63, 3.8) is 0 Å². The topological polar surface area (TPSA) is 64.6 Å². The minimum absolute atomic E-state index is 0.135. The van der Waals surface area contributed by atoms with Crippen LogP contribution in [0.15, 0.2) is 60.2 Å². The van der Waals surface area contributed by atoms with Crippen LogP contribution in [0.2, 0.25) is 0 Å². The fourth-order valence-electron chi connectivity index (χ4n) is 2.18. The molecule has 0 bridgehead atoms. The Bertz CT molecular complexity index is 753. The number of carbonyl (C=O) groups excluding carboxylic acids is 2. The Morgan fingerprint density at radius 3 is 2.61 bits per heavy atom. The second-order valence-corrected chi connectivity index (χ2v) is 4.99. The Morgan fingerprint density at radius 1 is 1.04 bits per heavy atom. The second kappa shape index (κ2) is 6.79. The number of anilines is 1. The Balaban J connectivity index is 1.56. The lowest BCUT2D eigenvalue weighted by Gasteiger charge is -2.16. The third-order valence-electron chi connectivity index (χ3n) is 3.29. The summed E-state index contributed by atoms with van der Waals surface area (Å²) in [5.41, 5.74) is 1.86. The van der Waals surface area contributed by atoms with Gasteiger partial charge in [0, 0.05) is 11.3 Å². The van der Waals surface area contributed by atoms with E-state index in [0.29, 0.717) is 11.3 Å². The largest absolute Gasteiger partial charge is 0.488 e. The number of esters is 1. The molecule has 3 rings (SSSR count). The molecule has 1 heterocycles. The summed E-state index contributed by atoms with van der Waals surface area (Å²) in [6, 6.07) is 16.4. The molecule has 0 unspecified atom stereocenters. The number of nitrogens with one attached hydrogen (secondary N) is 1. The molecule has 0 aliphatic carbocycles. The van der Waals surface area contributed by atoms with Gasteiger partial charge in [0.15, 0.2) is 6.61 Å².